The van der Waals surface area contributed by atoms with Gasteiger partial charge in [-0.3, -0.25) is 0 Å². The van der Waals surface area contributed by atoms with Crippen LogP contribution in [0.15, 0.2) is 72.9 Å². The Balaban J connectivity index is 1.97. The molecule has 2 aromatic heterocycles. The van der Waals surface area contributed by atoms with Crippen molar-refractivity contribution in [3.63, 3.8) is 0 Å². The Morgan fingerprint density at radius 2 is 1.65 bits per heavy atom. The van der Waals surface area contributed by atoms with Gasteiger partial charge in [-0.2, -0.15) is 0 Å². The zero-order valence-electron chi connectivity index (χ0n) is 14.2. The van der Waals surface area contributed by atoms with Gasteiger partial charge in [0.25, 0.3) is 0 Å². The molecule has 4 heteroatoms. The van der Waals surface area contributed by atoms with Crippen molar-refractivity contribution in [3.8, 4) is 22.4 Å². The van der Waals surface area contributed by atoms with Crippen LogP contribution in [-0.2, 0) is 0 Å². The lowest BCUT2D eigenvalue weighted by Crippen LogP contribution is -1.94. The lowest BCUT2D eigenvalue weighted by Gasteiger charge is -2.13. The summed E-state index contributed by atoms with van der Waals surface area (Å²) < 4.78 is 0. The molecule has 26 heavy (non-hydrogen) atoms. The molecule has 3 nitrogen and oxygen atoms in total. The normalized spacial score (nSPS) is 12.3. The van der Waals surface area contributed by atoms with Gasteiger partial charge in [-0.15, -0.1) is 0 Å². The Morgan fingerprint density at radius 1 is 0.923 bits per heavy atom. The number of pyridine rings is 2. The molecule has 1 N–H and O–H groups in total. The highest BCUT2D eigenvalue weighted by molar-refractivity contribution is 6.34. The molecule has 0 amide bonds. The molecule has 128 valence electrons. The van der Waals surface area contributed by atoms with Crippen molar-refractivity contribution >= 4 is 22.5 Å². The lowest BCUT2D eigenvalue weighted by atomic mass is 9.97. The van der Waals surface area contributed by atoms with E-state index in [2.05, 4.69) is 17.1 Å². The molecule has 0 aliphatic rings. The van der Waals surface area contributed by atoms with Crippen LogP contribution in [0, 0.1) is 0 Å². The van der Waals surface area contributed by atoms with Crippen LogP contribution in [0.2, 0.25) is 5.15 Å². The van der Waals surface area contributed by atoms with Crippen LogP contribution in [0.1, 0.15) is 18.6 Å². The summed E-state index contributed by atoms with van der Waals surface area (Å²) in [4.78, 5) is 9.04. The third kappa shape index (κ3) is 3.07. The molecular weight excluding hydrogens is 344 g/mol. The van der Waals surface area contributed by atoms with Gasteiger partial charge in [-0.25, -0.2) is 9.97 Å². The number of aromatic nitrogens is 2. The average molecular weight is 361 g/mol. The number of aliphatic hydroxyl groups is 1. The van der Waals surface area contributed by atoms with Gasteiger partial charge >= 0.3 is 0 Å². The van der Waals surface area contributed by atoms with Gasteiger partial charge in [0.05, 0.1) is 17.3 Å². The number of nitrogens with zero attached hydrogens (tertiary/aromatic N) is 2. The summed E-state index contributed by atoms with van der Waals surface area (Å²) in [5.41, 5.74) is 5.61. The first-order valence-electron chi connectivity index (χ1n) is 8.42. The minimum atomic E-state index is -0.493. The van der Waals surface area contributed by atoms with E-state index in [9.17, 15) is 5.11 Å². The van der Waals surface area contributed by atoms with Crippen molar-refractivity contribution in [2.45, 2.75) is 13.0 Å². The van der Waals surface area contributed by atoms with E-state index < -0.39 is 6.10 Å². The maximum atomic E-state index is 9.75. The maximum Gasteiger partial charge on any atom is 0.138 e. The predicted molar refractivity (Wildman–Crippen MR) is 106 cm³/mol. The third-order valence-corrected chi connectivity index (χ3v) is 4.75. The average Bonchev–Trinajstić information content (AvgIpc) is 2.68. The molecule has 0 aliphatic heterocycles. The van der Waals surface area contributed by atoms with Crippen LogP contribution in [0.5, 0.6) is 0 Å². The molecule has 2 heterocycles. The van der Waals surface area contributed by atoms with Crippen molar-refractivity contribution in [2.75, 3.05) is 0 Å². The van der Waals surface area contributed by atoms with Gasteiger partial charge in [0.15, 0.2) is 0 Å². The number of halogens is 1. The first kappa shape index (κ1) is 16.7. The third-order valence-electron chi connectivity index (χ3n) is 4.45. The molecule has 4 aromatic rings. The zero-order chi connectivity index (χ0) is 18.1. The van der Waals surface area contributed by atoms with E-state index in [1.165, 1.54) is 0 Å². The SMILES string of the molecule is CC(O)c1ccc(-c2nc3ccnc(Cl)c3cc2-c2ccccc2)cc1. The van der Waals surface area contributed by atoms with Crippen molar-refractivity contribution in [1.82, 2.24) is 9.97 Å². The fourth-order valence-electron chi connectivity index (χ4n) is 3.04. The number of aliphatic hydroxyl groups excluding tert-OH is 1. The summed E-state index contributed by atoms with van der Waals surface area (Å²) in [6.07, 6.45) is 1.17. The van der Waals surface area contributed by atoms with E-state index >= 15 is 0 Å². The largest absolute Gasteiger partial charge is 0.389 e. The quantitative estimate of drug-likeness (QED) is 0.479. The summed E-state index contributed by atoms with van der Waals surface area (Å²) in [5, 5.41) is 11.0. The van der Waals surface area contributed by atoms with Crippen LogP contribution in [0.25, 0.3) is 33.3 Å². The molecule has 1 unspecified atom stereocenters. The van der Waals surface area contributed by atoms with E-state index in [-0.39, 0.29) is 0 Å². The van der Waals surface area contributed by atoms with E-state index in [4.69, 9.17) is 16.6 Å². The molecular formula is C22H17ClN2O. The number of rotatable bonds is 3. The second kappa shape index (κ2) is 6.87. The molecule has 4 rings (SSSR count). The first-order valence-corrected chi connectivity index (χ1v) is 8.80. The minimum Gasteiger partial charge on any atom is -0.389 e. The van der Waals surface area contributed by atoms with Gasteiger partial charge in [-0.05, 0) is 30.2 Å². The molecule has 2 aromatic carbocycles. The number of benzene rings is 2. The van der Waals surface area contributed by atoms with Crippen LogP contribution < -0.4 is 0 Å². The summed E-state index contributed by atoms with van der Waals surface area (Å²) in [6, 6.07) is 21.9. The molecule has 0 aliphatic carbocycles. The zero-order valence-corrected chi connectivity index (χ0v) is 15.0. The fraction of sp³-hybridized carbons (Fsp3) is 0.0909. The summed E-state index contributed by atoms with van der Waals surface area (Å²) in [5.74, 6) is 0. The van der Waals surface area contributed by atoms with Crippen LogP contribution in [0.4, 0.5) is 0 Å². The Kier molecular flexibility index (Phi) is 4.41. The predicted octanol–water partition coefficient (Wildman–Crippen LogP) is 5.67. The monoisotopic (exact) mass is 360 g/mol. The fourth-order valence-corrected chi connectivity index (χ4v) is 3.25. The van der Waals surface area contributed by atoms with Crippen LogP contribution in [0.3, 0.4) is 0 Å². The molecule has 0 bridgehead atoms. The highest BCUT2D eigenvalue weighted by Crippen LogP contribution is 2.35. The van der Waals surface area contributed by atoms with Gasteiger partial charge in [-0.1, -0.05) is 66.2 Å². The molecule has 0 saturated carbocycles. The Labute approximate surface area is 156 Å². The molecule has 0 spiro atoms. The second-order valence-corrected chi connectivity index (χ2v) is 6.58. The highest BCUT2D eigenvalue weighted by atomic mass is 35.5. The second-order valence-electron chi connectivity index (χ2n) is 6.22. The van der Waals surface area contributed by atoms with Crippen molar-refractivity contribution < 1.29 is 5.11 Å². The molecule has 0 fully saturated rings. The van der Waals surface area contributed by atoms with E-state index in [0.717, 1.165) is 38.9 Å². The molecule has 0 saturated heterocycles. The number of hydrogen-bond acceptors (Lipinski definition) is 3. The van der Waals surface area contributed by atoms with Gasteiger partial charge in [0, 0.05) is 22.7 Å². The Hall–Kier alpha value is -2.75. The van der Waals surface area contributed by atoms with Crippen molar-refractivity contribution in [3.05, 3.63) is 83.6 Å². The van der Waals surface area contributed by atoms with E-state index in [1.54, 1.807) is 13.1 Å². The topological polar surface area (TPSA) is 46.0 Å². The van der Waals surface area contributed by atoms with Crippen molar-refractivity contribution in [1.29, 1.82) is 0 Å². The number of fused-ring (bicyclic) bond motifs is 1. The number of hydrogen-bond donors (Lipinski definition) is 1. The first-order chi connectivity index (χ1) is 12.6. The van der Waals surface area contributed by atoms with Crippen LogP contribution in [-0.4, -0.2) is 15.1 Å². The lowest BCUT2D eigenvalue weighted by molar-refractivity contribution is 0.199. The van der Waals surface area contributed by atoms with Gasteiger partial charge < -0.3 is 5.11 Å². The van der Waals surface area contributed by atoms with Crippen LogP contribution >= 0.6 is 11.6 Å². The van der Waals surface area contributed by atoms with Gasteiger partial charge in [0.1, 0.15) is 5.15 Å². The summed E-state index contributed by atoms with van der Waals surface area (Å²) >= 11 is 6.29. The molecule has 1 atom stereocenters. The Morgan fingerprint density at radius 3 is 2.35 bits per heavy atom. The van der Waals surface area contributed by atoms with E-state index in [0.29, 0.717) is 5.15 Å². The minimum absolute atomic E-state index is 0.447. The maximum absolute atomic E-state index is 9.75. The summed E-state index contributed by atoms with van der Waals surface area (Å²) in [6.45, 7) is 1.76. The smallest absolute Gasteiger partial charge is 0.138 e. The van der Waals surface area contributed by atoms with E-state index in [1.807, 2.05) is 54.6 Å². The Bertz CT molecular complexity index is 1060. The summed E-state index contributed by atoms with van der Waals surface area (Å²) in [7, 11) is 0. The van der Waals surface area contributed by atoms with Gasteiger partial charge in [0.2, 0.25) is 0 Å². The molecule has 0 radical (unpaired) electrons. The van der Waals surface area contributed by atoms with Crippen molar-refractivity contribution in [2.24, 2.45) is 0 Å². The standard InChI is InChI=1S/C22H17ClN2O/c1-14(26)15-7-9-17(10-8-15)21-18(16-5-3-2-4-6-16)13-19-20(25-21)11-12-24-22(19)23/h2-14,26H,1H3. The highest BCUT2D eigenvalue weighted by Gasteiger charge is 2.13.